The summed E-state index contributed by atoms with van der Waals surface area (Å²) in [4.78, 5) is 12.3. The molecule has 4 heteroatoms. The van der Waals surface area contributed by atoms with Crippen molar-refractivity contribution in [2.45, 2.75) is 13.8 Å². The van der Waals surface area contributed by atoms with Crippen molar-refractivity contribution in [3.63, 3.8) is 0 Å². The molecule has 3 aromatic rings. The van der Waals surface area contributed by atoms with Gasteiger partial charge in [-0.3, -0.25) is 0 Å². The van der Waals surface area contributed by atoms with E-state index >= 15 is 0 Å². The summed E-state index contributed by atoms with van der Waals surface area (Å²) in [5.74, 6) is -0.354. The Morgan fingerprint density at radius 2 is 2.00 bits per heavy atom. The Morgan fingerprint density at radius 1 is 1.19 bits per heavy atom. The first kappa shape index (κ1) is 13.4. The molecule has 0 bridgehead atoms. The number of rotatable bonds is 3. The van der Waals surface area contributed by atoms with Crippen LogP contribution in [0.3, 0.4) is 0 Å². The van der Waals surface area contributed by atoms with Gasteiger partial charge in [-0.25, -0.2) is 9.48 Å². The lowest BCUT2D eigenvalue weighted by atomic mass is 10.2. The number of carbonyl (C=O) groups is 1. The minimum atomic E-state index is -0.354. The van der Waals surface area contributed by atoms with Crippen molar-refractivity contribution < 1.29 is 9.53 Å². The van der Waals surface area contributed by atoms with E-state index in [-0.39, 0.29) is 5.97 Å². The largest absolute Gasteiger partial charge is 0.461 e. The van der Waals surface area contributed by atoms with E-state index < -0.39 is 0 Å². The van der Waals surface area contributed by atoms with Crippen LogP contribution in [-0.4, -0.2) is 22.4 Å². The highest BCUT2D eigenvalue weighted by Gasteiger charge is 2.20. The number of aromatic nitrogens is 2. The molecule has 0 radical (unpaired) electrons. The standard InChI is InChI=1S/C17H16N2O2/c1-3-21-17(20)16-14-9-4-5-10-15(14)18-19(16)13-8-6-7-12(2)11-13/h4-11H,3H2,1-2H3. The first-order chi connectivity index (χ1) is 10.2. The normalized spacial score (nSPS) is 10.8. The molecule has 0 amide bonds. The molecule has 0 saturated heterocycles. The summed E-state index contributed by atoms with van der Waals surface area (Å²) in [6.07, 6.45) is 0. The van der Waals surface area contributed by atoms with Crippen molar-refractivity contribution in [1.29, 1.82) is 0 Å². The summed E-state index contributed by atoms with van der Waals surface area (Å²) < 4.78 is 6.85. The topological polar surface area (TPSA) is 44.1 Å². The fraction of sp³-hybridized carbons (Fsp3) is 0.176. The maximum atomic E-state index is 12.3. The predicted molar refractivity (Wildman–Crippen MR) is 81.8 cm³/mol. The van der Waals surface area contributed by atoms with Crippen molar-refractivity contribution in [3.8, 4) is 5.69 Å². The van der Waals surface area contributed by atoms with E-state index in [1.54, 1.807) is 11.6 Å². The molecule has 21 heavy (non-hydrogen) atoms. The Morgan fingerprint density at radius 3 is 2.76 bits per heavy atom. The van der Waals surface area contributed by atoms with E-state index in [4.69, 9.17) is 4.74 Å². The Kier molecular flexibility index (Phi) is 3.44. The smallest absolute Gasteiger partial charge is 0.357 e. The van der Waals surface area contributed by atoms with E-state index in [9.17, 15) is 4.79 Å². The van der Waals surface area contributed by atoms with Gasteiger partial charge in [0.15, 0.2) is 5.69 Å². The third-order valence-corrected chi connectivity index (χ3v) is 3.29. The summed E-state index contributed by atoms with van der Waals surface area (Å²) in [7, 11) is 0. The molecule has 0 unspecified atom stereocenters. The fourth-order valence-corrected chi connectivity index (χ4v) is 2.38. The maximum absolute atomic E-state index is 12.3. The Labute approximate surface area is 123 Å². The van der Waals surface area contributed by atoms with E-state index in [2.05, 4.69) is 5.10 Å². The average Bonchev–Trinajstić information content (AvgIpc) is 2.87. The third-order valence-electron chi connectivity index (χ3n) is 3.29. The van der Waals surface area contributed by atoms with Gasteiger partial charge >= 0.3 is 5.97 Å². The summed E-state index contributed by atoms with van der Waals surface area (Å²) in [5.41, 5.74) is 3.22. The van der Waals surface area contributed by atoms with Gasteiger partial charge in [0.25, 0.3) is 0 Å². The van der Waals surface area contributed by atoms with Crippen LogP contribution in [0.2, 0.25) is 0 Å². The van der Waals surface area contributed by atoms with Gasteiger partial charge in [0, 0.05) is 5.39 Å². The molecule has 0 atom stereocenters. The summed E-state index contributed by atoms with van der Waals surface area (Å²) >= 11 is 0. The molecule has 0 spiro atoms. The molecule has 1 aromatic heterocycles. The lowest BCUT2D eigenvalue weighted by molar-refractivity contribution is 0.0518. The highest BCUT2D eigenvalue weighted by atomic mass is 16.5. The van der Waals surface area contributed by atoms with Crippen LogP contribution < -0.4 is 0 Å². The number of fused-ring (bicyclic) bond motifs is 1. The quantitative estimate of drug-likeness (QED) is 0.690. The lowest BCUT2D eigenvalue weighted by Gasteiger charge is -2.07. The molecule has 0 aliphatic heterocycles. The number of carbonyl (C=O) groups excluding carboxylic acids is 1. The van der Waals surface area contributed by atoms with Gasteiger partial charge in [-0.2, -0.15) is 5.10 Å². The molecule has 0 N–H and O–H groups in total. The average molecular weight is 280 g/mol. The molecule has 1 heterocycles. The zero-order valence-electron chi connectivity index (χ0n) is 12.0. The fourth-order valence-electron chi connectivity index (χ4n) is 2.38. The summed E-state index contributed by atoms with van der Waals surface area (Å²) in [5, 5.41) is 5.35. The predicted octanol–water partition coefficient (Wildman–Crippen LogP) is 3.51. The van der Waals surface area contributed by atoms with Gasteiger partial charge in [0.2, 0.25) is 0 Å². The highest BCUT2D eigenvalue weighted by Crippen LogP contribution is 2.23. The van der Waals surface area contributed by atoms with Gasteiger partial charge < -0.3 is 4.74 Å². The number of esters is 1. The van der Waals surface area contributed by atoms with Crippen molar-refractivity contribution in [1.82, 2.24) is 9.78 Å². The zero-order valence-corrected chi connectivity index (χ0v) is 12.0. The number of hydrogen-bond donors (Lipinski definition) is 0. The SMILES string of the molecule is CCOC(=O)c1c2ccccc2nn1-c1cccc(C)c1. The minimum absolute atomic E-state index is 0.339. The Balaban J connectivity index is 2.26. The molecule has 0 aliphatic rings. The minimum Gasteiger partial charge on any atom is -0.461 e. The number of benzene rings is 2. The van der Waals surface area contributed by atoms with Crippen LogP contribution in [0.15, 0.2) is 48.5 Å². The van der Waals surface area contributed by atoms with Crippen molar-refractivity contribution >= 4 is 16.9 Å². The number of nitrogens with zero attached hydrogens (tertiary/aromatic N) is 2. The maximum Gasteiger partial charge on any atom is 0.357 e. The van der Waals surface area contributed by atoms with Crippen LogP contribution in [0.5, 0.6) is 0 Å². The van der Waals surface area contributed by atoms with Crippen LogP contribution in [0.25, 0.3) is 16.6 Å². The third kappa shape index (κ3) is 2.40. The molecule has 0 saturated carbocycles. The molecule has 106 valence electrons. The lowest BCUT2D eigenvalue weighted by Crippen LogP contribution is -2.12. The highest BCUT2D eigenvalue weighted by molar-refractivity contribution is 6.02. The van der Waals surface area contributed by atoms with E-state index in [0.29, 0.717) is 12.3 Å². The molecule has 2 aromatic carbocycles. The van der Waals surface area contributed by atoms with Gasteiger partial charge in [0.05, 0.1) is 17.8 Å². The first-order valence-corrected chi connectivity index (χ1v) is 6.92. The molecule has 4 nitrogen and oxygen atoms in total. The van der Waals surface area contributed by atoms with Crippen molar-refractivity contribution in [2.75, 3.05) is 6.61 Å². The molecule has 0 aliphatic carbocycles. The molecule has 0 fully saturated rings. The van der Waals surface area contributed by atoms with Gasteiger partial charge in [0.1, 0.15) is 0 Å². The van der Waals surface area contributed by atoms with Gasteiger partial charge in [-0.15, -0.1) is 0 Å². The van der Waals surface area contributed by atoms with E-state index in [1.807, 2.05) is 55.5 Å². The Hall–Kier alpha value is -2.62. The van der Waals surface area contributed by atoms with Gasteiger partial charge in [-0.05, 0) is 37.6 Å². The monoisotopic (exact) mass is 280 g/mol. The second-order valence-electron chi connectivity index (χ2n) is 4.84. The van der Waals surface area contributed by atoms with Crippen LogP contribution in [0, 0.1) is 6.92 Å². The van der Waals surface area contributed by atoms with Crippen LogP contribution in [-0.2, 0) is 4.74 Å². The van der Waals surface area contributed by atoms with Crippen LogP contribution in [0.1, 0.15) is 23.0 Å². The van der Waals surface area contributed by atoms with Crippen LogP contribution >= 0.6 is 0 Å². The van der Waals surface area contributed by atoms with Crippen LogP contribution in [0.4, 0.5) is 0 Å². The number of ether oxygens (including phenoxy) is 1. The van der Waals surface area contributed by atoms with E-state index in [0.717, 1.165) is 22.2 Å². The van der Waals surface area contributed by atoms with Crippen molar-refractivity contribution in [3.05, 3.63) is 59.8 Å². The first-order valence-electron chi connectivity index (χ1n) is 6.92. The van der Waals surface area contributed by atoms with Gasteiger partial charge in [-0.1, -0.05) is 30.3 Å². The number of hydrogen-bond acceptors (Lipinski definition) is 3. The second-order valence-corrected chi connectivity index (χ2v) is 4.84. The zero-order chi connectivity index (χ0) is 14.8. The summed E-state index contributed by atoms with van der Waals surface area (Å²) in [6, 6.07) is 15.5. The van der Waals surface area contributed by atoms with E-state index in [1.165, 1.54) is 0 Å². The summed E-state index contributed by atoms with van der Waals surface area (Å²) in [6.45, 7) is 4.15. The molecule has 3 rings (SSSR count). The number of aryl methyl sites for hydroxylation is 1. The molecular weight excluding hydrogens is 264 g/mol. The Bertz CT molecular complexity index is 805. The second kappa shape index (κ2) is 5.40. The van der Waals surface area contributed by atoms with Crippen molar-refractivity contribution in [2.24, 2.45) is 0 Å². The molecular formula is C17H16N2O2.